The summed E-state index contributed by atoms with van der Waals surface area (Å²) in [4.78, 5) is 0. The van der Waals surface area contributed by atoms with Gasteiger partial charge in [-0.3, -0.25) is 0 Å². The number of hydrogen-bond donors (Lipinski definition) is 2. The molecule has 0 unspecified atom stereocenters. The summed E-state index contributed by atoms with van der Waals surface area (Å²) in [5, 5.41) is 9.56. The summed E-state index contributed by atoms with van der Waals surface area (Å²) in [6.45, 7) is 0.0622. The number of halogens is 1. The van der Waals surface area contributed by atoms with Gasteiger partial charge >= 0.3 is 0 Å². The Hall–Kier alpha value is -0.220. The minimum atomic E-state index is -0.0938. The van der Waals surface area contributed by atoms with Crippen molar-refractivity contribution >= 4 is 23.4 Å². The SMILES string of the molecule is N[C@H](CO)CCSCc1ccccc1Cl. The zero-order valence-electron chi connectivity index (χ0n) is 8.53. The number of rotatable bonds is 6. The van der Waals surface area contributed by atoms with Crippen LogP contribution in [0.2, 0.25) is 5.02 Å². The first-order valence-electron chi connectivity index (χ1n) is 4.91. The molecule has 0 aliphatic carbocycles. The van der Waals surface area contributed by atoms with Gasteiger partial charge in [-0.15, -0.1) is 0 Å². The molecule has 0 saturated carbocycles. The molecule has 0 heterocycles. The molecule has 84 valence electrons. The third-order valence-corrected chi connectivity index (χ3v) is 3.49. The Labute approximate surface area is 99.8 Å². The Morgan fingerprint density at radius 1 is 1.40 bits per heavy atom. The minimum Gasteiger partial charge on any atom is -0.395 e. The second kappa shape index (κ2) is 7.12. The highest BCUT2D eigenvalue weighted by atomic mass is 35.5. The molecule has 0 aliphatic heterocycles. The molecule has 1 aromatic carbocycles. The fourth-order valence-corrected chi connectivity index (χ4v) is 2.49. The monoisotopic (exact) mass is 245 g/mol. The van der Waals surface area contributed by atoms with E-state index in [1.807, 2.05) is 24.3 Å². The topological polar surface area (TPSA) is 46.2 Å². The molecule has 0 amide bonds. The van der Waals surface area contributed by atoms with Crippen LogP contribution in [0, 0.1) is 0 Å². The molecule has 4 heteroatoms. The van der Waals surface area contributed by atoms with Gasteiger partial charge in [0.2, 0.25) is 0 Å². The normalized spacial score (nSPS) is 12.7. The third kappa shape index (κ3) is 4.89. The Morgan fingerprint density at radius 3 is 2.80 bits per heavy atom. The van der Waals surface area contributed by atoms with Crippen LogP contribution >= 0.6 is 23.4 Å². The van der Waals surface area contributed by atoms with Gasteiger partial charge in [0.25, 0.3) is 0 Å². The maximum absolute atomic E-state index is 8.74. The van der Waals surface area contributed by atoms with Crippen molar-refractivity contribution in [2.45, 2.75) is 18.2 Å². The predicted octanol–water partition coefficient (Wildman–Crippen LogP) is 2.28. The highest BCUT2D eigenvalue weighted by Crippen LogP contribution is 2.21. The van der Waals surface area contributed by atoms with Crippen LogP contribution in [0.25, 0.3) is 0 Å². The second-order valence-electron chi connectivity index (χ2n) is 3.38. The summed E-state index contributed by atoms with van der Waals surface area (Å²) >= 11 is 7.80. The van der Waals surface area contributed by atoms with E-state index in [1.165, 1.54) is 0 Å². The zero-order chi connectivity index (χ0) is 11.1. The highest BCUT2D eigenvalue weighted by molar-refractivity contribution is 7.98. The number of benzene rings is 1. The Morgan fingerprint density at radius 2 is 2.13 bits per heavy atom. The van der Waals surface area contributed by atoms with Gasteiger partial charge in [0, 0.05) is 16.8 Å². The Bertz CT molecular complexity index is 296. The number of thioether (sulfide) groups is 1. The Balaban J connectivity index is 2.23. The number of nitrogens with two attached hydrogens (primary N) is 1. The highest BCUT2D eigenvalue weighted by Gasteiger charge is 2.01. The van der Waals surface area contributed by atoms with Crippen LogP contribution < -0.4 is 5.73 Å². The van der Waals surface area contributed by atoms with Gasteiger partial charge in [0.05, 0.1) is 6.61 Å². The Kier molecular flexibility index (Phi) is 6.10. The largest absolute Gasteiger partial charge is 0.395 e. The van der Waals surface area contributed by atoms with Crippen LogP contribution in [0.4, 0.5) is 0 Å². The summed E-state index contributed by atoms with van der Waals surface area (Å²) in [5.74, 6) is 1.85. The fraction of sp³-hybridized carbons (Fsp3) is 0.455. The first kappa shape index (κ1) is 12.8. The van der Waals surface area contributed by atoms with Gasteiger partial charge in [0.1, 0.15) is 0 Å². The molecule has 15 heavy (non-hydrogen) atoms. The van der Waals surface area contributed by atoms with E-state index < -0.39 is 0 Å². The molecule has 1 atom stereocenters. The maximum atomic E-state index is 8.74. The molecule has 0 saturated heterocycles. The summed E-state index contributed by atoms with van der Waals surface area (Å²) in [6.07, 6.45) is 0.839. The molecule has 0 radical (unpaired) electrons. The average molecular weight is 246 g/mol. The smallest absolute Gasteiger partial charge is 0.0582 e. The van der Waals surface area contributed by atoms with Crippen molar-refractivity contribution in [3.05, 3.63) is 34.9 Å². The van der Waals surface area contributed by atoms with E-state index in [-0.39, 0.29) is 12.6 Å². The molecule has 1 aromatic rings. The third-order valence-electron chi connectivity index (χ3n) is 2.08. The van der Waals surface area contributed by atoms with Gasteiger partial charge < -0.3 is 10.8 Å². The average Bonchev–Trinajstić information content (AvgIpc) is 2.26. The lowest BCUT2D eigenvalue weighted by Gasteiger charge is -2.07. The quantitative estimate of drug-likeness (QED) is 0.756. The molecule has 0 fully saturated rings. The maximum Gasteiger partial charge on any atom is 0.0582 e. The summed E-state index contributed by atoms with van der Waals surface area (Å²) in [5.41, 5.74) is 6.75. The molecular formula is C11H16ClNOS. The number of hydrogen-bond acceptors (Lipinski definition) is 3. The summed E-state index contributed by atoms with van der Waals surface area (Å²) in [7, 11) is 0. The van der Waals surface area contributed by atoms with E-state index in [9.17, 15) is 0 Å². The van der Waals surface area contributed by atoms with Crippen molar-refractivity contribution in [1.29, 1.82) is 0 Å². The molecule has 0 bridgehead atoms. The van der Waals surface area contributed by atoms with Crippen LogP contribution in [-0.4, -0.2) is 23.5 Å². The molecule has 2 nitrogen and oxygen atoms in total. The fourth-order valence-electron chi connectivity index (χ4n) is 1.12. The van der Waals surface area contributed by atoms with E-state index in [0.29, 0.717) is 0 Å². The van der Waals surface area contributed by atoms with Crippen molar-refractivity contribution in [3.8, 4) is 0 Å². The number of aliphatic hydroxyl groups is 1. The van der Waals surface area contributed by atoms with Gasteiger partial charge in [-0.1, -0.05) is 29.8 Å². The van der Waals surface area contributed by atoms with E-state index in [1.54, 1.807) is 11.8 Å². The molecule has 1 rings (SSSR count). The van der Waals surface area contributed by atoms with E-state index in [4.69, 9.17) is 22.4 Å². The van der Waals surface area contributed by atoms with E-state index >= 15 is 0 Å². The van der Waals surface area contributed by atoms with Crippen molar-refractivity contribution in [2.75, 3.05) is 12.4 Å². The van der Waals surface area contributed by atoms with Crippen molar-refractivity contribution in [1.82, 2.24) is 0 Å². The van der Waals surface area contributed by atoms with E-state index in [0.717, 1.165) is 28.5 Å². The number of aliphatic hydroxyl groups excluding tert-OH is 1. The van der Waals surface area contributed by atoms with E-state index in [2.05, 4.69) is 0 Å². The lowest BCUT2D eigenvalue weighted by atomic mass is 10.2. The summed E-state index contributed by atoms with van der Waals surface area (Å²) < 4.78 is 0. The minimum absolute atomic E-state index is 0.0622. The first-order chi connectivity index (χ1) is 7.24. The van der Waals surface area contributed by atoms with Gasteiger partial charge in [0.15, 0.2) is 0 Å². The van der Waals surface area contributed by atoms with Crippen LogP contribution in [-0.2, 0) is 5.75 Å². The molecular weight excluding hydrogens is 230 g/mol. The zero-order valence-corrected chi connectivity index (χ0v) is 10.1. The predicted molar refractivity (Wildman–Crippen MR) is 67.3 cm³/mol. The molecule has 0 aromatic heterocycles. The second-order valence-corrected chi connectivity index (χ2v) is 4.89. The molecule has 0 aliphatic rings. The van der Waals surface area contributed by atoms with Gasteiger partial charge in [-0.25, -0.2) is 0 Å². The van der Waals surface area contributed by atoms with Crippen molar-refractivity contribution in [2.24, 2.45) is 5.73 Å². The van der Waals surface area contributed by atoms with Gasteiger partial charge in [-0.05, 0) is 23.8 Å². The van der Waals surface area contributed by atoms with Crippen molar-refractivity contribution in [3.63, 3.8) is 0 Å². The van der Waals surface area contributed by atoms with Crippen LogP contribution in [0.1, 0.15) is 12.0 Å². The first-order valence-corrected chi connectivity index (χ1v) is 6.45. The van der Waals surface area contributed by atoms with Crippen molar-refractivity contribution < 1.29 is 5.11 Å². The lowest BCUT2D eigenvalue weighted by Crippen LogP contribution is -2.24. The van der Waals surface area contributed by atoms with Crippen LogP contribution in [0.5, 0.6) is 0 Å². The van der Waals surface area contributed by atoms with Gasteiger partial charge in [-0.2, -0.15) is 11.8 Å². The lowest BCUT2D eigenvalue weighted by molar-refractivity contribution is 0.264. The molecule has 0 spiro atoms. The molecule has 3 N–H and O–H groups in total. The standard InChI is InChI=1S/C11H16ClNOS/c12-11-4-2-1-3-9(11)8-15-6-5-10(13)7-14/h1-4,10,14H,5-8,13H2/t10-/m0/s1. The van der Waals surface area contributed by atoms with Crippen LogP contribution in [0.15, 0.2) is 24.3 Å². The van der Waals surface area contributed by atoms with Crippen LogP contribution in [0.3, 0.4) is 0 Å². The summed E-state index contributed by atoms with van der Waals surface area (Å²) in [6, 6.07) is 7.75.